The summed E-state index contributed by atoms with van der Waals surface area (Å²) < 4.78 is 20.8. The Balaban J connectivity index is 1.98. The maximum atomic E-state index is 12.3. The van der Waals surface area contributed by atoms with Gasteiger partial charge >= 0.3 is 5.97 Å². The van der Waals surface area contributed by atoms with Gasteiger partial charge in [-0.3, -0.25) is 4.79 Å². The minimum Gasteiger partial charge on any atom is -0.496 e. The zero-order valence-electron chi connectivity index (χ0n) is 16.9. The van der Waals surface area contributed by atoms with Crippen molar-refractivity contribution in [1.82, 2.24) is 5.32 Å². The van der Waals surface area contributed by atoms with Crippen molar-refractivity contribution < 1.29 is 28.5 Å². The van der Waals surface area contributed by atoms with Crippen molar-refractivity contribution in [3.63, 3.8) is 0 Å². The molecule has 2 aromatic carbocycles. The van der Waals surface area contributed by atoms with E-state index in [2.05, 4.69) is 10.1 Å². The number of ether oxygens (including phenoxy) is 4. The first-order valence-electron chi connectivity index (χ1n) is 8.97. The first kappa shape index (κ1) is 21.8. The van der Waals surface area contributed by atoms with Crippen molar-refractivity contribution in [1.29, 1.82) is 0 Å². The van der Waals surface area contributed by atoms with Crippen LogP contribution >= 0.6 is 0 Å². The van der Waals surface area contributed by atoms with Crippen molar-refractivity contribution in [3.8, 4) is 17.2 Å². The van der Waals surface area contributed by atoms with Crippen LogP contribution in [0.25, 0.3) is 6.08 Å². The highest BCUT2D eigenvalue weighted by atomic mass is 16.5. The van der Waals surface area contributed by atoms with E-state index in [9.17, 15) is 9.59 Å². The summed E-state index contributed by atoms with van der Waals surface area (Å²) in [6, 6.07) is 12.4. The van der Waals surface area contributed by atoms with Crippen molar-refractivity contribution in [2.45, 2.75) is 13.0 Å². The van der Waals surface area contributed by atoms with Crippen molar-refractivity contribution in [3.05, 3.63) is 59.7 Å². The van der Waals surface area contributed by atoms with Crippen LogP contribution in [0.5, 0.6) is 17.2 Å². The average molecular weight is 399 g/mol. The Hall–Kier alpha value is -3.48. The molecular formula is C22H25NO6. The Morgan fingerprint density at radius 3 is 2.41 bits per heavy atom. The SMILES string of the molecule is COC(=O)/C=C/c1ccc(OCC(=O)NC(C)c2ccccc2OC)c(OC)c1. The molecule has 0 aliphatic heterocycles. The Bertz CT molecular complexity index is 877. The summed E-state index contributed by atoms with van der Waals surface area (Å²) in [5.41, 5.74) is 1.61. The van der Waals surface area contributed by atoms with Gasteiger partial charge in [0.2, 0.25) is 0 Å². The molecule has 29 heavy (non-hydrogen) atoms. The van der Waals surface area contributed by atoms with Crippen LogP contribution in [0.15, 0.2) is 48.5 Å². The fraction of sp³-hybridized carbons (Fsp3) is 0.273. The van der Waals surface area contributed by atoms with Gasteiger partial charge < -0.3 is 24.3 Å². The van der Waals surface area contributed by atoms with E-state index in [-0.39, 0.29) is 18.6 Å². The van der Waals surface area contributed by atoms with E-state index in [0.29, 0.717) is 17.2 Å². The molecule has 0 radical (unpaired) electrons. The Morgan fingerprint density at radius 1 is 1.00 bits per heavy atom. The smallest absolute Gasteiger partial charge is 0.330 e. The second-order valence-corrected chi connectivity index (χ2v) is 6.09. The molecule has 1 atom stereocenters. The second kappa shape index (κ2) is 10.8. The summed E-state index contributed by atoms with van der Waals surface area (Å²) in [5.74, 6) is 0.842. The number of hydrogen-bond acceptors (Lipinski definition) is 6. The number of carbonyl (C=O) groups excluding carboxylic acids is 2. The fourth-order valence-corrected chi connectivity index (χ4v) is 2.67. The molecule has 0 aromatic heterocycles. The van der Waals surface area contributed by atoms with Crippen LogP contribution in [0.4, 0.5) is 0 Å². The number of benzene rings is 2. The highest BCUT2D eigenvalue weighted by molar-refractivity contribution is 5.87. The Kier molecular flexibility index (Phi) is 8.09. The normalized spacial score (nSPS) is 11.6. The summed E-state index contributed by atoms with van der Waals surface area (Å²) in [6.07, 6.45) is 2.90. The molecule has 0 saturated heterocycles. The lowest BCUT2D eigenvalue weighted by Crippen LogP contribution is -2.31. The average Bonchev–Trinajstić information content (AvgIpc) is 2.75. The molecule has 0 spiro atoms. The van der Waals surface area contributed by atoms with Gasteiger partial charge in [0.1, 0.15) is 5.75 Å². The lowest BCUT2D eigenvalue weighted by molar-refractivity contribution is -0.134. The molecule has 154 valence electrons. The lowest BCUT2D eigenvalue weighted by Gasteiger charge is -2.18. The van der Waals surface area contributed by atoms with Gasteiger partial charge in [0.15, 0.2) is 18.1 Å². The predicted octanol–water partition coefficient (Wildman–Crippen LogP) is 3.15. The number of carbonyl (C=O) groups is 2. The third kappa shape index (κ3) is 6.27. The number of rotatable bonds is 9. The molecule has 1 N–H and O–H groups in total. The summed E-state index contributed by atoms with van der Waals surface area (Å²) in [4.78, 5) is 23.5. The lowest BCUT2D eigenvalue weighted by atomic mass is 10.1. The number of amides is 1. The van der Waals surface area contributed by atoms with E-state index < -0.39 is 5.97 Å². The van der Waals surface area contributed by atoms with E-state index in [4.69, 9.17) is 14.2 Å². The van der Waals surface area contributed by atoms with E-state index in [1.165, 1.54) is 20.3 Å². The largest absolute Gasteiger partial charge is 0.496 e. The summed E-state index contributed by atoms with van der Waals surface area (Å²) >= 11 is 0. The summed E-state index contributed by atoms with van der Waals surface area (Å²) in [6.45, 7) is 1.70. The van der Waals surface area contributed by atoms with E-state index in [1.807, 2.05) is 31.2 Å². The van der Waals surface area contributed by atoms with Crippen molar-refractivity contribution >= 4 is 18.0 Å². The minimum absolute atomic E-state index is 0.173. The number of hydrogen-bond donors (Lipinski definition) is 1. The van der Waals surface area contributed by atoms with Crippen LogP contribution in [-0.4, -0.2) is 39.8 Å². The molecule has 1 unspecified atom stereocenters. The van der Waals surface area contributed by atoms with Gasteiger partial charge in [-0.2, -0.15) is 0 Å². The molecular weight excluding hydrogens is 374 g/mol. The molecule has 0 heterocycles. The first-order chi connectivity index (χ1) is 14.0. The van der Waals surface area contributed by atoms with Gasteiger partial charge in [0.25, 0.3) is 5.91 Å². The van der Waals surface area contributed by atoms with Crippen molar-refractivity contribution in [2.24, 2.45) is 0 Å². The Labute approximate surface area is 170 Å². The molecule has 2 aromatic rings. The third-order valence-electron chi connectivity index (χ3n) is 4.14. The van der Waals surface area contributed by atoms with Gasteiger partial charge in [-0.25, -0.2) is 4.79 Å². The molecule has 7 nitrogen and oxygen atoms in total. The zero-order chi connectivity index (χ0) is 21.2. The third-order valence-corrected chi connectivity index (χ3v) is 4.14. The molecule has 7 heteroatoms. The van der Waals surface area contributed by atoms with Crippen LogP contribution in [0.3, 0.4) is 0 Å². The number of methoxy groups -OCH3 is 3. The van der Waals surface area contributed by atoms with Crippen LogP contribution in [0.2, 0.25) is 0 Å². The van der Waals surface area contributed by atoms with Crippen LogP contribution in [0.1, 0.15) is 24.1 Å². The number of nitrogens with one attached hydrogen (secondary N) is 1. The maximum absolute atomic E-state index is 12.3. The van der Waals surface area contributed by atoms with E-state index in [1.54, 1.807) is 31.4 Å². The van der Waals surface area contributed by atoms with Crippen molar-refractivity contribution in [2.75, 3.05) is 27.9 Å². The molecule has 2 rings (SSSR count). The zero-order valence-corrected chi connectivity index (χ0v) is 16.9. The Morgan fingerprint density at radius 2 is 1.72 bits per heavy atom. The molecule has 0 aliphatic carbocycles. The maximum Gasteiger partial charge on any atom is 0.330 e. The second-order valence-electron chi connectivity index (χ2n) is 6.09. The fourth-order valence-electron chi connectivity index (χ4n) is 2.67. The summed E-state index contributed by atoms with van der Waals surface area (Å²) in [7, 11) is 4.40. The van der Waals surface area contributed by atoms with E-state index in [0.717, 1.165) is 11.1 Å². The molecule has 0 saturated carbocycles. The van der Waals surface area contributed by atoms with Gasteiger partial charge in [0.05, 0.1) is 27.4 Å². The topological polar surface area (TPSA) is 83.1 Å². The monoisotopic (exact) mass is 399 g/mol. The molecule has 1 amide bonds. The highest BCUT2D eigenvalue weighted by Gasteiger charge is 2.15. The highest BCUT2D eigenvalue weighted by Crippen LogP contribution is 2.29. The van der Waals surface area contributed by atoms with Gasteiger partial charge in [-0.05, 0) is 36.8 Å². The van der Waals surface area contributed by atoms with Gasteiger partial charge in [-0.1, -0.05) is 24.3 Å². The van der Waals surface area contributed by atoms with E-state index >= 15 is 0 Å². The number of para-hydroxylation sites is 1. The minimum atomic E-state index is -0.454. The standard InChI is InChI=1S/C22H25NO6/c1-15(17-7-5-6-8-18(17)26-2)23-21(24)14-29-19-11-9-16(13-20(19)27-3)10-12-22(25)28-4/h5-13,15H,14H2,1-4H3,(H,23,24)/b12-10+. The van der Waals surface area contributed by atoms with Crippen LogP contribution in [-0.2, 0) is 14.3 Å². The van der Waals surface area contributed by atoms with Gasteiger partial charge in [-0.15, -0.1) is 0 Å². The van der Waals surface area contributed by atoms with Crippen LogP contribution < -0.4 is 19.5 Å². The summed E-state index contributed by atoms with van der Waals surface area (Å²) in [5, 5.41) is 2.88. The van der Waals surface area contributed by atoms with Crippen LogP contribution in [0, 0.1) is 0 Å². The molecule has 0 aliphatic rings. The quantitative estimate of drug-likeness (QED) is 0.515. The first-order valence-corrected chi connectivity index (χ1v) is 8.97. The molecule has 0 fully saturated rings. The molecule has 0 bridgehead atoms. The van der Waals surface area contributed by atoms with Gasteiger partial charge in [0, 0.05) is 11.6 Å². The predicted molar refractivity (Wildman–Crippen MR) is 109 cm³/mol. The number of esters is 1.